The van der Waals surface area contributed by atoms with Gasteiger partial charge in [-0.15, -0.1) is 0 Å². The summed E-state index contributed by atoms with van der Waals surface area (Å²) in [5.41, 5.74) is 0. The smallest absolute Gasteiger partial charge is 0.0702 e. The molecule has 2 aliphatic rings. The predicted molar refractivity (Wildman–Crippen MR) is 60.0 cm³/mol. The molecule has 2 saturated heterocycles. The monoisotopic (exact) mass is 213 g/mol. The third kappa shape index (κ3) is 3.16. The summed E-state index contributed by atoms with van der Waals surface area (Å²) in [4.78, 5) is 2.52. The second kappa shape index (κ2) is 5.28. The molecule has 0 aromatic rings. The van der Waals surface area contributed by atoms with E-state index in [1.165, 1.54) is 19.3 Å². The van der Waals surface area contributed by atoms with Gasteiger partial charge >= 0.3 is 0 Å². The van der Waals surface area contributed by atoms with Gasteiger partial charge in [-0.25, -0.2) is 0 Å². The molecule has 88 valence electrons. The van der Waals surface area contributed by atoms with E-state index in [9.17, 15) is 0 Å². The van der Waals surface area contributed by atoms with Crippen LogP contribution in [0.3, 0.4) is 0 Å². The molecule has 0 spiro atoms. The fraction of sp³-hybridized carbons (Fsp3) is 1.00. The van der Waals surface area contributed by atoms with Gasteiger partial charge in [-0.3, -0.25) is 4.90 Å². The van der Waals surface area contributed by atoms with Crippen LogP contribution in [0.4, 0.5) is 0 Å². The molecule has 0 unspecified atom stereocenters. The lowest BCUT2D eigenvalue weighted by atomic mass is 10.1. The summed E-state index contributed by atoms with van der Waals surface area (Å²) >= 11 is 0. The minimum Gasteiger partial charge on any atom is -0.377 e. The normalized spacial score (nSPS) is 39.2. The molecule has 2 heterocycles. The molecule has 0 aliphatic carbocycles. The van der Waals surface area contributed by atoms with Crippen LogP contribution < -0.4 is 0 Å². The van der Waals surface area contributed by atoms with Crippen molar-refractivity contribution in [1.29, 1.82) is 0 Å². The maximum absolute atomic E-state index is 5.78. The maximum atomic E-state index is 5.78. The van der Waals surface area contributed by atoms with Crippen LogP contribution in [0.1, 0.15) is 33.1 Å². The molecule has 3 nitrogen and oxygen atoms in total. The Morgan fingerprint density at radius 3 is 2.80 bits per heavy atom. The van der Waals surface area contributed by atoms with Crippen LogP contribution >= 0.6 is 0 Å². The van der Waals surface area contributed by atoms with Gasteiger partial charge in [0.1, 0.15) is 0 Å². The largest absolute Gasteiger partial charge is 0.377 e. The zero-order valence-corrected chi connectivity index (χ0v) is 9.95. The Morgan fingerprint density at radius 2 is 2.07 bits per heavy atom. The Balaban J connectivity index is 1.80. The average Bonchev–Trinajstić information content (AvgIpc) is 2.25. The summed E-state index contributed by atoms with van der Waals surface area (Å²) in [6, 6.07) is 0.548. The second-order valence-corrected chi connectivity index (χ2v) is 4.94. The maximum Gasteiger partial charge on any atom is 0.0702 e. The second-order valence-electron chi connectivity index (χ2n) is 4.94. The van der Waals surface area contributed by atoms with Crippen molar-refractivity contribution in [1.82, 2.24) is 4.90 Å². The van der Waals surface area contributed by atoms with Crippen LogP contribution in [0.2, 0.25) is 0 Å². The average molecular weight is 213 g/mol. The van der Waals surface area contributed by atoms with Gasteiger partial charge in [0.25, 0.3) is 0 Å². The van der Waals surface area contributed by atoms with Crippen LogP contribution in [-0.2, 0) is 9.47 Å². The molecule has 0 saturated carbocycles. The van der Waals surface area contributed by atoms with Gasteiger partial charge in [0.2, 0.25) is 0 Å². The fourth-order valence-corrected chi connectivity index (χ4v) is 2.44. The molecule has 2 rings (SSSR count). The lowest BCUT2D eigenvalue weighted by Crippen LogP contribution is -2.50. The number of hydrogen-bond acceptors (Lipinski definition) is 3. The van der Waals surface area contributed by atoms with Crippen LogP contribution in [0.15, 0.2) is 0 Å². The van der Waals surface area contributed by atoms with Gasteiger partial charge in [0.15, 0.2) is 0 Å². The summed E-state index contributed by atoms with van der Waals surface area (Å²) in [5, 5.41) is 0. The van der Waals surface area contributed by atoms with E-state index in [0.717, 1.165) is 26.3 Å². The van der Waals surface area contributed by atoms with E-state index in [4.69, 9.17) is 9.47 Å². The molecule has 15 heavy (non-hydrogen) atoms. The van der Waals surface area contributed by atoms with E-state index < -0.39 is 0 Å². The molecule has 3 heteroatoms. The van der Waals surface area contributed by atoms with Crippen molar-refractivity contribution in [2.45, 2.75) is 51.4 Å². The quantitative estimate of drug-likeness (QED) is 0.696. The van der Waals surface area contributed by atoms with Gasteiger partial charge < -0.3 is 9.47 Å². The van der Waals surface area contributed by atoms with Crippen LogP contribution in [0.5, 0.6) is 0 Å². The van der Waals surface area contributed by atoms with Crippen LogP contribution in [-0.4, -0.2) is 49.5 Å². The summed E-state index contributed by atoms with van der Waals surface area (Å²) in [6.45, 7) is 8.37. The topological polar surface area (TPSA) is 21.7 Å². The highest BCUT2D eigenvalue weighted by Crippen LogP contribution is 2.17. The lowest BCUT2D eigenvalue weighted by Gasteiger charge is -2.39. The van der Waals surface area contributed by atoms with Gasteiger partial charge in [-0.2, -0.15) is 0 Å². The van der Waals surface area contributed by atoms with Crippen molar-refractivity contribution in [3.05, 3.63) is 0 Å². The van der Waals surface area contributed by atoms with Crippen molar-refractivity contribution in [2.24, 2.45) is 0 Å². The van der Waals surface area contributed by atoms with Crippen molar-refractivity contribution in [3.63, 3.8) is 0 Å². The van der Waals surface area contributed by atoms with Crippen molar-refractivity contribution >= 4 is 0 Å². The number of nitrogens with zero attached hydrogens (tertiary/aromatic N) is 1. The first kappa shape index (κ1) is 11.4. The van der Waals surface area contributed by atoms with E-state index in [0.29, 0.717) is 18.2 Å². The Hall–Kier alpha value is -0.120. The molecule has 2 aliphatic heterocycles. The molecule has 0 bridgehead atoms. The molecule has 0 aromatic carbocycles. The highest BCUT2D eigenvalue weighted by Gasteiger charge is 2.26. The highest BCUT2D eigenvalue weighted by molar-refractivity contribution is 4.78. The first-order chi connectivity index (χ1) is 7.25. The van der Waals surface area contributed by atoms with E-state index in [-0.39, 0.29) is 0 Å². The summed E-state index contributed by atoms with van der Waals surface area (Å²) in [7, 11) is 0. The highest BCUT2D eigenvalue weighted by atomic mass is 16.5. The molecular formula is C12H23NO2. The zero-order valence-electron chi connectivity index (χ0n) is 9.95. The van der Waals surface area contributed by atoms with Crippen molar-refractivity contribution in [2.75, 3.05) is 26.3 Å². The van der Waals surface area contributed by atoms with Crippen molar-refractivity contribution < 1.29 is 9.47 Å². The van der Waals surface area contributed by atoms with Gasteiger partial charge in [-0.1, -0.05) is 0 Å². The molecule has 0 amide bonds. The Kier molecular flexibility index (Phi) is 4.00. The van der Waals surface area contributed by atoms with E-state index in [1.807, 2.05) is 0 Å². The molecule has 0 aromatic heterocycles. The Bertz CT molecular complexity index is 192. The number of morpholine rings is 1. The minimum atomic E-state index is 0.379. The summed E-state index contributed by atoms with van der Waals surface area (Å²) in [6.07, 6.45) is 4.65. The van der Waals surface area contributed by atoms with Gasteiger partial charge in [0, 0.05) is 25.7 Å². The van der Waals surface area contributed by atoms with Gasteiger partial charge in [0.05, 0.1) is 18.8 Å². The molecule has 0 N–H and O–H groups in total. The van der Waals surface area contributed by atoms with Crippen LogP contribution in [0, 0.1) is 0 Å². The van der Waals surface area contributed by atoms with Crippen molar-refractivity contribution in [3.8, 4) is 0 Å². The third-order valence-corrected chi connectivity index (χ3v) is 3.45. The summed E-state index contributed by atoms with van der Waals surface area (Å²) in [5.74, 6) is 0. The predicted octanol–water partition coefficient (Wildman–Crippen LogP) is 1.66. The number of ether oxygens (including phenoxy) is 2. The molecule has 0 radical (unpaired) electrons. The van der Waals surface area contributed by atoms with Gasteiger partial charge in [-0.05, 0) is 33.1 Å². The SMILES string of the molecule is C[C@@H]1CN(C[C@H]2CCCCO2)[C@H](C)CO1. The van der Waals surface area contributed by atoms with Crippen LogP contribution in [0.25, 0.3) is 0 Å². The fourth-order valence-electron chi connectivity index (χ4n) is 2.44. The van der Waals surface area contributed by atoms with E-state index in [1.54, 1.807) is 0 Å². The third-order valence-electron chi connectivity index (χ3n) is 3.45. The molecule has 3 atom stereocenters. The number of hydrogen-bond donors (Lipinski definition) is 0. The zero-order chi connectivity index (χ0) is 10.7. The minimum absolute atomic E-state index is 0.379. The lowest BCUT2D eigenvalue weighted by molar-refractivity contribution is -0.0777. The first-order valence-corrected chi connectivity index (χ1v) is 6.23. The standard InChI is InChI=1S/C12H23NO2/c1-10-9-15-11(2)7-13(10)8-12-5-3-4-6-14-12/h10-12H,3-9H2,1-2H3/t10-,11-,12-/m1/s1. The Morgan fingerprint density at radius 1 is 1.20 bits per heavy atom. The first-order valence-electron chi connectivity index (χ1n) is 6.23. The molecule has 2 fully saturated rings. The number of rotatable bonds is 2. The van der Waals surface area contributed by atoms with E-state index in [2.05, 4.69) is 18.7 Å². The van der Waals surface area contributed by atoms with E-state index >= 15 is 0 Å². The molecular weight excluding hydrogens is 190 g/mol. The summed E-state index contributed by atoms with van der Waals surface area (Å²) < 4.78 is 11.4. The Labute approximate surface area is 92.7 Å².